The van der Waals surface area contributed by atoms with Crippen LogP contribution in [0.3, 0.4) is 0 Å². The number of rotatable bonds is 2. The maximum atomic E-state index is 12.1. The number of carbonyl (C=O) groups is 3. The molecule has 4 amide bonds. The minimum atomic E-state index is -0.881. The maximum absolute atomic E-state index is 12.1. The van der Waals surface area contributed by atoms with Crippen molar-refractivity contribution in [3.8, 4) is 0 Å². The van der Waals surface area contributed by atoms with Gasteiger partial charge in [0.15, 0.2) is 0 Å². The number of fused-ring (bicyclic) bond motifs is 1. The Kier molecular flexibility index (Phi) is 4.50. The summed E-state index contributed by atoms with van der Waals surface area (Å²) >= 11 is 3.56. The number of aromatic nitrogens is 2. The van der Waals surface area contributed by atoms with Crippen molar-refractivity contribution in [2.24, 2.45) is 0 Å². The van der Waals surface area contributed by atoms with E-state index >= 15 is 0 Å². The largest absolute Gasteiger partial charge is 0.465 e. The van der Waals surface area contributed by atoms with Gasteiger partial charge in [0.2, 0.25) is 5.91 Å². The summed E-state index contributed by atoms with van der Waals surface area (Å²) < 4.78 is 2.93. The van der Waals surface area contributed by atoms with Gasteiger partial charge >= 0.3 is 12.1 Å². The van der Waals surface area contributed by atoms with Crippen LogP contribution in [0.5, 0.6) is 0 Å². The van der Waals surface area contributed by atoms with Gasteiger partial charge in [0.25, 0.3) is 0 Å². The Morgan fingerprint density at radius 1 is 1.26 bits per heavy atom. The second kappa shape index (κ2) is 6.84. The average molecular weight is 436 g/mol. The van der Waals surface area contributed by atoms with Crippen LogP contribution >= 0.6 is 15.9 Å². The van der Waals surface area contributed by atoms with E-state index in [-0.39, 0.29) is 18.4 Å². The molecule has 0 atom stereocenters. The standard InChI is InChI=1S/C17H18BrN5O4/c18-13-9-23(10-1-4-21(5-2-10)17(26)27)15-12(13)7-11(8-19-15)22-6-3-14(24)20-16(22)25/h7-10H,1-6H2,(H,26,27)(H,20,24,25). The topological polar surface area (TPSA) is 108 Å². The van der Waals surface area contributed by atoms with Crippen LogP contribution in [0.4, 0.5) is 15.3 Å². The molecule has 2 aromatic rings. The molecule has 27 heavy (non-hydrogen) atoms. The smallest absolute Gasteiger partial charge is 0.407 e. The van der Waals surface area contributed by atoms with Crippen molar-refractivity contribution in [2.45, 2.75) is 25.3 Å². The highest BCUT2D eigenvalue weighted by Gasteiger charge is 2.27. The van der Waals surface area contributed by atoms with Crippen LogP contribution in [0.1, 0.15) is 25.3 Å². The molecule has 0 saturated carbocycles. The monoisotopic (exact) mass is 435 g/mol. The van der Waals surface area contributed by atoms with Crippen molar-refractivity contribution < 1.29 is 19.5 Å². The van der Waals surface area contributed by atoms with E-state index < -0.39 is 12.1 Å². The zero-order valence-corrected chi connectivity index (χ0v) is 16.0. The number of piperidine rings is 1. The van der Waals surface area contributed by atoms with E-state index in [4.69, 9.17) is 5.11 Å². The Morgan fingerprint density at radius 3 is 2.67 bits per heavy atom. The van der Waals surface area contributed by atoms with Crippen molar-refractivity contribution in [3.05, 3.63) is 22.9 Å². The lowest BCUT2D eigenvalue weighted by Crippen LogP contribution is -2.49. The molecule has 4 rings (SSSR count). The number of halogens is 1. The second-order valence-electron chi connectivity index (χ2n) is 6.70. The van der Waals surface area contributed by atoms with Gasteiger partial charge in [-0.15, -0.1) is 0 Å². The molecule has 0 spiro atoms. The highest BCUT2D eigenvalue weighted by molar-refractivity contribution is 9.10. The zero-order chi connectivity index (χ0) is 19.1. The van der Waals surface area contributed by atoms with Gasteiger partial charge in [-0.3, -0.25) is 15.0 Å². The fraction of sp³-hybridized carbons (Fsp3) is 0.412. The molecule has 2 saturated heterocycles. The van der Waals surface area contributed by atoms with Crippen molar-refractivity contribution >= 4 is 50.7 Å². The van der Waals surface area contributed by atoms with Crippen LogP contribution < -0.4 is 10.2 Å². The second-order valence-corrected chi connectivity index (χ2v) is 7.56. The van der Waals surface area contributed by atoms with Crippen LogP contribution in [0.25, 0.3) is 11.0 Å². The lowest BCUT2D eigenvalue weighted by molar-refractivity contribution is -0.120. The third-order valence-corrected chi connectivity index (χ3v) is 5.73. The van der Waals surface area contributed by atoms with Crippen LogP contribution in [0.15, 0.2) is 22.9 Å². The maximum Gasteiger partial charge on any atom is 0.407 e. The summed E-state index contributed by atoms with van der Waals surface area (Å²) in [4.78, 5) is 42.0. The summed E-state index contributed by atoms with van der Waals surface area (Å²) in [6.07, 6.45) is 4.42. The zero-order valence-electron chi connectivity index (χ0n) is 14.4. The summed E-state index contributed by atoms with van der Waals surface area (Å²) in [7, 11) is 0. The molecular formula is C17H18BrN5O4. The van der Waals surface area contributed by atoms with Gasteiger partial charge in [0, 0.05) is 48.2 Å². The lowest BCUT2D eigenvalue weighted by atomic mass is 10.1. The summed E-state index contributed by atoms with van der Waals surface area (Å²) in [6, 6.07) is 1.61. The minimum Gasteiger partial charge on any atom is -0.465 e. The first-order chi connectivity index (χ1) is 12.9. The van der Waals surface area contributed by atoms with Gasteiger partial charge < -0.3 is 14.6 Å². The van der Waals surface area contributed by atoms with Crippen LogP contribution in [0, 0.1) is 0 Å². The molecule has 2 aliphatic rings. The molecule has 4 heterocycles. The molecule has 2 N–H and O–H groups in total. The van der Waals surface area contributed by atoms with Gasteiger partial charge in [-0.1, -0.05) is 0 Å². The van der Waals surface area contributed by atoms with Crippen LogP contribution in [-0.4, -0.2) is 57.2 Å². The Labute approximate surface area is 163 Å². The number of carboxylic acid groups (broad SMARTS) is 1. The highest BCUT2D eigenvalue weighted by atomic mass is 79.9. The Hall–Kier alpha value is -2.62. The first-order valence-electron chi connectivity index (χ1n) is 8.69. The number of amides is 4. The number of imide groups is 1. The van der Waals surface area contributed by atoms with E-state index in [1.165, 1.54) is 9.80 Å². The van der Waals surface area contributed by atoms with Gasteiger partial charge in [-0.05, 0) is 34.8 Å². The molecule has 0 aromatic carbocycles. The predicted molar refractivity (Wildman–Crippen MR) is 101 cm³/mol. The molecular weight excluding hydrogens is 418 g/mol. The number of hydrogen-bond acceptors (Lipinski definition) is 4. The number of hydrogen-bond donors (Lipinski definition) is 2. The normalized spacial score (nSPS) is 18.9. The molecule has 2 fully saturated rings. The molecule has 10 heteroatoms. The molecule has 0 unspecified atom stereocenters. The van der Waals surface area contributed by atoms with Crippen molar-refractivity contribution in [1.82, 2.24) is 19.8 Å². The van der Waals surface area contributed by atoms with Gasteiger partial charge in [0.1, 0.15) is 5.65 Å². The Bertz CT molecular complexity index is 935. The number of urea groups is 1. The minimum absolute atomic E-state index is 0.170. The van der Waals surface area contributed by atoms with E-state index in [1.54, 1.807) is 6.20 Å². The van der Waals surface area contributed by atoms with E-state index in [2.05, 4.69) is 30.8 Å². The number of nitrogens with one attached hydrogen (secondary N) is 1. The number of likely N-dealkylation sites (tertiary alicyclic amines) is 1. The molecule has 2 aliphatic heterocycles. The van der Waals surface area contributed by atoms with E-state index in [0.29, 0.717) is 25.3 Å². The number of anilines is 1. The highest BCUT2D eigenvalue weighted by Crippen LogP contribution is 2.34. The van der Waals surface area contributed by atoms with E-state index in [0.717, 1.165) is 28.3 Å². The summed E-state index contributed by atoms with van der Waals surface area (Å²) in [5.41, 5.74) is 1.42. The Balaban J connectivity index is 1.61. The summed E-state index contributed by atoms with van der Waals surface area (Å²) in [5.74, 6) is -0.273. The molecule has 0 bridgehead atoms. The number of nitrogens with zero attached hydrogens (tertiary/aromatic N) is 4. The predicted octanol–water partition coefficient (Wildman–Crippen LogP) is 2.56. The molecule has 0 aliphatic carbocycles. The van der Waals surface area contributed by atoms with Gasteiger partial charge in [-0.2, -0.15) is 0 Å². The molecule has 2 aromatic heterocycles. The third kappa shape index (κ3) is 3.25. The molecule has 142 valence electrons. The first-order valence-corrected chi connectivity index (χ1v) is 9.48. The van der Waals surface area contributed by atoms with Gasteiger partial charge in [-0.25, -0.2) is 14.6 Å². The molecule has 9 nitrogen and oxygen atoms in total. The Morgan fingerprint density at radius 2 is 2.00 bits per heavy atom. The lowest BCUT2D eigenvalue weighted by Gasteiger charge is -2.31. The van der Waals surface area contributed by atoms with Crippen LogP contribution in [0.2, 0.25) is 0 Å². The fourth-order valence-corrected chi connectivity index (χ4v) is 4.16. The summed E-state index contributed by atoms with van der Waals surface area (Å²) in [6.45, 7) is 1.32. The van der Waals surface area contributed by atoms with Crippen molar-refractivity contribution in [1.29, 1.82) is 0 Å². The van der Waals surface area contributed by atoms with E-state index in [9.17, 15) is 14.4 Å². The first kappa shape index (κ1) is 17.8. The third-order valence-electron chi connectivity index (χ3n) is 5.10. The quantitative estimate of drug-likeness (QED) is 0.753. The SMILES string of the molecule is O=C1CCN(c2cnc3c(c2)c(Br)cn3C2CCN(C(=O)O)CC2)C(=O)N1. The van der Waals surface area contributed by atoms with E-state index in [1.807, 2.05) is 12.3 Å². The average Bonchev–Trinajstić information content (AvgIpc) is 2.98. The summed E-state index contributed by atoms with van der Waals surface area (Å²) in [5, 5.41) is 12.3. The van der Waals surface area contributed by atoms with Crippen LogP contribution in [-0.2, 0) is 4.79 Å². The molecule has 0 radical (unpaired) electrons. The van der Waals surface area contributed by atoms with Gasteiger partial charge in [0.05, 0.1) is 11.9 Å². The van der Waals surface area contributed by atoms with Crippen molar-refractivity contribution in [3.63, 3.8) is 0 Å². The van der Waals surface area contributed by atoms with Crippen molar-refractivity contribution in [2.75, 3.05) is 24.5 Å². The number of carbonyl (C=O) groups excluding carboxylic acids is 2. The number of pyridine rings is 1. The fourth-order valence-electron chi connectivity index (χ4n) is 3.65.